The van der Waals surface area contributed by atoms with Gasteiger partial charge < -0.3 is 16.0 Å². The molecular formula is C11H14N2O3. The average molecular weight is 222 g/mol. The van der Waals surface area contributed by atoms with Crippen LogP contribution in [0.5, 0.6) is 0 Å². The number of nitrogens with two attached hydrogens (primary N) is 1. The van der Waals surface area contributed by atoms with E-state index >= 15 is 0 Å². The quantitative estimate of drug-likeness (QED) is 0.345. The summed E-state index contributed by atoms with van der Waals surface area (Å²) < 4.78 is 0.492. The van der Waals surface area contributed by atoms with Crippen molar-refractivity contribution in [3.8, 4) is 0 Å². The van der Waals surface area contributed by atoms with Crippen molar-refractivity contribution in [3.63, 3.8) is 0 Å². The van der Waals surface area contributed by atoms with E-state index in [4.69, 9.17) is 10.8 Å². The molecule has 0 bridgehead atoms. The van der Waals surface area contributed by atoms with Crippen molar-refractivity contribution in [1.29, 1.82) is 0 Å². The maximum atomic E-state index is 10.9. The normalized spacial score (nSPS) is 14.1. The van der Waals surface area contributed by atoms with Crippen LogP contribution < -0.4 is 5.73 Å². The first-order valence-corrected chi connectivity index (χ1v) is 4.79. The van der Waals surface area contributed by atoms with Crippen LogP contribution in [0.1, 0.15) is 18.4 Å². The van der Waals surface area contributed by atoms with Crippen molar-refractivity contribution in [3.05, 3.63) is 35.0 Å². The zero-order chi connectivity index (χ0) is 12.3. The van der Waals surface area contributed by atoms with Gasteiger partial charge in [-0.15, -0.1) is 0 Å². The lowest BCUT2D eigenvalue weighted by Crippen LogP contribution is -2.35. The predicted octanol–water partition coefficient (Wildman–Crippen LogP) is 1.04. The van der Waals surface area contributed by atoms with E-state index in [0.717, 1.165) is 5.56 Å². The summed E-state index contributed by atoms with van der Waals surface area (Å²) in [6.45, 7) is 4.93. The van der Waals surface area contributed by atoms with Crippen molar-refractivity contribution >= 4 is 18.4 Å². The molecule has 1 aromatic rings. The van der Waals surface area contributed by atoms with Gasteiger partial charge in [0.05, 0.1) is 0 Å². The zero-order valence-corrected chi connectivity index (χ0v) is 8.96. The molecule has 0 aliphatic rings. The highest BCUT2D eigenvalue weighted by atomic mass is 16.5. The second kappa shape index (κ2) is 4.76. The minimum absolute atomic E-state index is 0.309. The van der Waals surface area contributed by atoms with E-state index in [1.807, 2.05) is 0 Å². The summed E-state index contributed by atoms with van der Waals surface area (Å²) in [4.78, 5) is 10.7. The highest BCUT2D eigenvalue weighted by Crippen LogP contribution is 2.21. The molecule has 0 aliphatic heterocycles. The summed E-state index contributed by atoms with van der Waals surface area (Å²) in [6, 6.07) is 5.58. The molecule has 5 heteroatoms. The van der Waals surface area contributed by atoms with Crippen molar-refractivity contribution in [2.24, 2.45) is 5.73 Å². The van der Waals surface area contributed by atoms with Gasteiger partial charge in [0.2, 0.25) is 5.69 Å². The maximum Gasteiger partial charge on any atom is 0.321 e. The summed E-state index contributed by atoms with van der Waals surface area (Å²) >= 11 is 0. The molecule has 16 heavy (non-hydrogen) atoms. The van der Waals surface area contributed by atoms with E-state index in [0.29, 0.717) is 10.4 Å². The number of hydrogen-bond acceptors (Lipinski definition) is 3. The molecule has 0 saturated heterocycles. The zero-order valence-electron chi connectivity index (χ0n) is 8.96. The van der Waals surface area contributed by atoms with Gasteiger partial charge in [-0.2, -0.15) is 4.74 Å². The molecule has 5 nitrogen and oxygen atoms in total. The van der Waals surface area contributed by atoms with Crippen LogP contribution >= 0.6 is 0 Å². The Hall–Kier alpha value is -1.88. The Morgan fingerprint density at radius 1 is 1.50 bits per heavy atom. The number of carboxylic acid groups (broad SMARTS) is 1. The molecule has 0 heterocycles. The van der Waals surface area contributed by atoms with Crippen LogP contribution in [0.2, 0.25) is 0 Å². The molecular weight excluding hydrogens is 208 g/mol. The number of carboxylic acids is 1. The Morgan fingerprint density at radius 2 is 2.00 bits per heavy atom. The van der Waals surface area contributed by atoms with Crippen LogP contribution in [0.3, 0.4) is 0 Å². The third-order valence-corrected chi connectivity index (χ3v) is 2.53. The Kier molecular flexibility index (Phi) is 3.63. The lowest BCUT2D eigenvalue weighted by molar-refractivity contribution is -0.349. The fraction of sp³-hybridized carbons (Fsp3) is 0.273. The van der Waals surface area contributed by atoms with Crippen molar-refractivity contribution < 1.29 is 14.6 Å². The molecule has 0 saturated carbocycles. The smallest absolute Gasteiger partial charge is 0.321 e. The lowest BCUT2D eigenvalue weighted by Gasteiger charge is -2.16. The first-order chi connectivity index (χ1) is 7.43. The molecule has 2 atom stereocenters. The van der Waals surface area contributed by atoms with Gasteiger partial charge in [0, 0.05) is 18.1 Å². The van der Waals surface area contributed by atoms with Gasteiger partial charge in [-0.1, -0.05) is 19.1 Å². The van der Waals surface area contributed by atoms with E-state index in [9.17, 15) is 10.0 Å². The van der Waals surface area contributed by atoms with E-state index in [1.165, 1.54) is 0 Å². The standard InChI is InChI=1S/C11H14N2O3/c1-7(10(12)11(14)15)8-3-5-9(6-4-8)13(2)16/h3-7,10H,2,12H2,1H3,(H,14,15). The van der Waals surface area contributed by atoms with Crippen LogP contribution in [0.25, 0.3) is 0 Å². The van der Waals surface area contributed by atoms with Gasteiger partial charge in [0.25, 0.3) is 0 Å². The fourth-order valence-electron chi connectivity index (χ4n) is 1.37. The summed E-state index contributed by atoms with van der Waals surface area (Å²) in [5.41, 5.74) is 6.70. The fourth-order valence-corrected chi connectivity index (χ4v) is 1.37. The molecule has 0 aromatic heterocycles. The molecule has 0 aliphatic carbocycles. The minimum Gasteiger partial charge on any atom is -0.619 e. The average Bonchev–Trinajstić information content (AvgIpc) is 2.27. The van der Waals surface area contributed by atoms with Crippen LogP contribution in [0.15, 0.2) is 24.3 Å². The number of nitrogens with zero attached hydrogens (tertiary/aromatic N) is 1. The molecule has 0 amide bonds. The SMILES string of the molecule is C=[N+]([O-])c1ccc(C(C)C(N)C(=O)O)cc1. The first kappa shape index (κ1) is 12.2. The Bertz CT molecular complexity index is 400. The molecule has 3 N–H and O–H groups in total. The molecule has 1 aromatic carbocycles. The van der Waals surface area contributed by atoms with E-state index in [1.54, 1.807) is 31.2 Å². The van der Waals surface area contributed by atoms with Gasteiger partial charge in [-0.3, -0.25) is 4.79 Å². The van der Waals surface area contributed by atoms with Gasteiger partial charge in [-0.05, 0) is 5.56 Å². The predicted molar refractivity (Wildman–Crippen MR) is 60.9 cm³/mol. The van der Waals surface area contributed by atoms with Gasteiger partial charge in [0.15, 0.2) is 0 Å². The third-order valence-electron chi connectivity index (χ3n) is 2.53. The van der Waals surface area contributed by atoms with Crippen molar-refractivity contribution in [2.45, 2.75) is 18.9 Å². The van der Waals surface area contributed by atoms with Crippen LogP contribution in [-0.4, -0.2) is 28.6 Å². The molecule has 1 rings (SSSR count). The van der Waals surface area contributed by atoms with E-state index in [2.05, 4.69) is 6.72 Å². The second-order valence-corrected chi connectivity index (χ2v) is 3.62. The largest absolute Gasteiger partial charge is 0.619 e. The molecule has 0 radical (unpaired) electrons. The highest BCUT2D eigenvalue weighted by molar-refractivity contribution is 5.74. The summed E-state index contributed by atoms with van der Waals surface area (Å²) in [5.74, 6) is -1.35. The summed E-state index contributed by atoms with van der Waals surface area (Å²) in [7, 11) is 0. The Labute approximate surface area is 93.4 Å². The number of benzene rings is 1. The highest BCUT2D eigenvalue weighted by Gasteiger charge is 2.21. The second-order valence-electron chi connectivity index (χ2n) is 3.62. The minimum atomic E-state index is -1.04. The molecule has 86 valence electrons. The number of hydrogen-bond donors (Lipinski definition) is 2. The van der Waals surface area contributed by atoms with E-state index in [-0.39, 0.29) is 5.92 Å². The van der Waals surface area contributed by atoms with Crippen LogP contribution in [-0.2, 0) is 4.79 Å². The molecule has 2 unspecified atom stereocenters. The number of aliphatic carboxylic acids is 1. The van der Waals surface area contributed by atoms with E-state index < -0.39 is 12.0 Å². The van der Waals surface area contributed by atoms with Gasteiger partial charge >= 0.3 is 5.97 Å². The van der Waals surface area contributed by atoms with Crippen molar-refractivity contribution in [2.75, 3.05) is 0 Å². The summed E-state index contributed by atoms with van der Waals surface area (Å²) in [6.07, 6.45) is 0. The Balaban J connectivity index is 2.89. The Morgan fingerprint density at radius 3 is 2.38 bits per heavy atom. The topological polar surface area (TPSA) is 89.4 Å². The molecule has 0 fully saturated rings. The number of carbonyl (C=O) groups is 1. The third kappa shape index (κ3) is 2.58. The lowest BCUT2D eigenvalue weighted by atomic mass is 9.94. The summed E-state index contributed by atoms with van der Waals surface area (Å²) in [5, 5.41) is 19.6. The van der Waals surface area contributed by atoms with Crippen LogP contribution in [0.4, 0.5) is 5.69 Å². The molecule has 0 spiro atoms. The van der Waals surface area contributed by atoms with Crippen LogP contribution in [0, 0.1) is 5.21 Å². The van der Waals surface area contributed by atoms with Crippen molar-refractivity contribution in [1.82, 2.24) is 0 Å². The van der Waals surface area contributed by atoms with Gasteiger partial charge in [0.1, 0.15) is 12.8 Å². The van der Waals surface area contributed by atoms with Gasteiger partial charge in [-0.25, -0.2) is 0 Å². The number of rotatable bonds is 4. The monoisotopic (exact) mass is 222 g/mol. The maximum absolute atomic E-state index is 10.9. The first-order valence-electron chi connectivity index (χ1n) is 4.79.